The van der Waals surface area contributed by atoms with Crippen molar-refractivity contribution in [2.24, 2.45) is 16.8 Å². The molecule has 0 atom stereocenters. The molecule has 0 aliphatic heterocycles. The van der Waals surface area contributed by atoms with Crippen LogP contribution in [-0.4, -0.2) is 10.9 Å². The van der Waals surface area contributed by atoms with Crippen molar-refractivity contribution in [3.8, 4) is 0 Å². The van der Waals surface area contributed by atoms with E-state index in [-0.39, 0.29) is 0 Å². The molecule has 1 aromatic carbocycles. The van der Waals surface area contributed by atoms with E-state index < -0.39 is 0 Å². The lowest BCUT2D eigenvalue weighted by Gasteiger charge is -2.20. The van der Waals surface area contributed by atoms with E-state index in [1.54, 1.807) is 0 Å². The van der Waals surface area contributed by atoms with Crippen LogP contribution in [0.2, 0.25) is 5.02 Å². The molecular weight excluding hydrogens is 268 g/mol. The zero-order chi connectivity index (χ0) is 13.1. The minimum atomic E-state index is 0.554. The molecule has 1 aliphatic carbocycles. The van der Waals surface area contributed by atoms with Crippen LogP contribution in [0.1, 0.15) is 31.2 Å². The molecule has 1 fully saturated rings. The Morgan fingerprint density at radius 1 is 1.56 bits per heavy atom. The van der Waals surface area contributed by atoms with E-state index >= 15 is 0 Å². The summed E-state index contributed by atoms with van der Waals surface area (Å²) in [5.41, 5.74) is 2.01. The van der Waals surface area contributed by atoms with Crippen LogP contribution in [0.3, 0.4) is 0 Å². The predicted octanol–water partition coefficient (Wildman–Crippen LogP) is 2.88. The van der Waals surface area contributed by atoms with Crippen LogP contribution in [-0.2, 0) is 0 Å². The van der Waals surface area contributed by atoms with Crippen molar-refractivity contribution in [1.82, 2.24) is 0 Å². The van der Waals surface area contributed by atoms with Gasteiger partial charge in [-0.1, -0.05) is 36.4 Å². The zero-order valence-electron chi connectivity index (χ0n) is 10.3. The third-order valence-electron chi connectivity index (χ3n) is 2.87. The van der Waals surface area contributed by atoms with Crippen LogP contribution in [0.25, 0.3) is 0 Å². The molecule has 0 bridgehead atoms. The predicted molar refractivity (Wildman–Crippen MR) is 79.8 cm³/mol. The largest absolute Gasteiger partial charge is 0.321 e. The average Bonchev–Trinajstić information content (AvgIpc) is 3.19. The van der Waals surface area contributed by atoms with E-state index in [0.29, 0.717) is 16.1 Å². The standard InChI is InChI=1S/C12H17ClN4S/c1-2-18-12(16-14)17(15)11-6-5-9(7-10(11)13)8-3-4-8/h5-8H,2-4,14-15H2,1H3/b16-12+. The van der Waals surface area contributed by atoms with Gasteiger partial charge in [0.05, 0.1) is 10.7 Å². The molecule has 1 saturated carbocycles. The highest BCUT2D eigenvalue weighted by Gasteiger charge is 2.24. The lowest BCUT2D eigenvalue weighted by molar-refractivity contribution is 1.09. The van der Waals surface area contributed by atoms with Gasteiger partial charge < -0.3 is 5.84 Å². The van der Waals surface area contributed by atoms with Gasteiger partial charge in [0.2, 0.25) is 5.17 Å². The lowest BCUT2D eigenvalue weighted by atomic mass is 10.1. The van der Waals surface area contributed by atoms with Crippen LogP contribution in [0.5, 0.6) is 0 Å². The summed E-state index contributed by atoms with van der Waals surface area (Å²) in [6, 6.07) is 5.99. The summed E-state index contributed by atoms with van der Waals surface area (Å²) in [4.78, 5) is 0. The monoisotopic (exact) mass is 284 g/mol. The van der Waals surface area contributed by atoms with E-state index in [1.165, 1.54) is 35.2 Å². The molecule has 0 saturated heterocycles. The maximum atomic E-state index is 6.27. The molecule has 0 amide bonds. The fourth-order valence-corrected chi connectivity index (χ4v) is 2.64. The Labute approximate surface area is 116 Å². The second-order valence-corrected chi connectivity index (χ2v) is 5.84. The Morgan fingerprint density at radius 3 is 2.78 bits per heavy atom. The van der Waals surface area contributed by atoms with Crippen LogP contribution in [0.4, 0.5) is 5.69 Å². The number of hydrogen-bond donors (Lipinski definition) is 2. The third-order valence-corrected chi connectivity index (χ3v) is 4.02. The number of thioether (sulfide) groups is 1. The summed E-state index contributed by atoms with van der Waals surface area (Å²) in [6.07, 6.45) is 2.51. The van der Waals surface area contributed by atoms with Crippen LogP contribution in [0, 0.1) is 0 Å². The molecule has 1 aromatic rings. The first-order valence-electron chi connectivity index (χ1n) is 5.92. The van der Waals surface area contributed by atoms with Gasteiger partial charge in [0, 0.05) is 0 Å². The Balaban J connectivity index is 2.21. The van der Waals surface area contributed by atoms with Crippen molar-refractivity contribution in [3.63, 3.8) is 0 Å². The number of hydrazone groups is 1. The molecule has 0 heterocycles. The summed E-state index contributed by atoms with van der Waals surface area (Å²) in [5.74, 6) is 12.9. The van der Waals surface area contributed by atoms with Crippen molar-refractivity contribution in [3.05, 3.63) is 28.8 Å². The molecule has 18 heavy (non-hydrogen) atoms. The van der Waals surface area contributed by atoms with Gasteiger partial charge in [0.25, 0.3) is 0 Å². The Kier molecular flexibility index (Phi) is 4.37. The number of halogens is 1. The lowest BCUT2D eigenvalue weighted by Crippen LogP contribution is -2.36. The highest BCUT2D eigenvalue weighted by Crippen LogP contribution is 2.42. The Morgan fingerprint density at radius 2 is 2.28 bits per heavy atom. The number of hydrogen-bond acceptors (Lipinski definition) is 4. The summed E-state index contributed by atoms with van der Waals surface area (Å²) in [6.45, 7) is 2.02. The van der Waals surface area contributed by atoms with Crippen LogP contribution >= 0.6 is 23.4 Å². The second-order valence-electron chi connectivity index (χ2n) is 4.20. The molecular formula is C12H17ClN4S. The van der Waals surface area contributed by atoms with E-state index in [9.17, 15) is 0 Å². The average molecular weight is 285 g/mol. The van der Waals surface area contributed by atoms with E-state index in [2.05, 4.69) is 11.2 Å². The normalized spacial score (nSPS) is 15.8. The van der Waals surface area contributed by atoms with Crippen molar-refractivity contribution in [2.45, 2.75) is 25.7 Å². The number of rotatable bonds is 3. The molecule has 1 aliphatic rings. The van der Waals surface area contributed by atoms with Crippen LogP contribution in [0.15, 0.2) is 23.3 Å². The van der Waals surface area contributed by atoms with E-state index in [4.69, 9.17) is 23.3 Å². The molecule has 0 unspecified atom stereocenters. The number of nitrogens with zero attached hydrogens (tertiary/aromatic N) is 2. The zero-order valence-corrected chi connectivity index (χ0v) is 11.8. The summed E-state index contributed by atoms with van der Waals surface area (Å²) < 4.78 is 0. The maximum absolute atomic E-state index is 6.27. The van der Waals surface area contributed by atoms with Gasteiger partial charge in [-0.25, -0.2) is 5.84 Å². The fourth-order valence-electron chi connectivity index (χ4n) is 1.79. The smallest absolute Gasteiger partial charge is 0.201 e. The Hall–Kier alpha value is -0.910. The maximum Gasteiger partial charge on any atom is 0.201 e. The first kappa shape index (κ1) is 13.5. The van der Waals surface area contributed by atoms with Crippen molar-refractivity contribution >= 4 is 34.2 Å². The number of anilines is 1. The van der Waals surface area contributed by atoms with E-state index in [1.807, 2.05) is 19.1 Å². The molecule has 2 rings (SSSR count). The molecule has 4 nitrogen and oxygen atoms in total. The highest BCUT2D eigenvalue weighted by atomic mass is 35.5. The quantitative estimate of drug-likeness (QED) is 0.388. The van der Waals surface area contributed by atoms with Gasteiger partial charge in [-0.3, -0.25) is 5.01 Å². The van der Waals surface area contributed by atoms with Crippen molar-refractivity contribution in [1.29, 1.82) is 0 Å². The summed E-state index contributed by atoms with van der Waals surface area (Å²) in [5, 5.41) is 6.32. The van der Waals surface area contributed by atoms with Gasteiger partial charge in [-0.2, -0.15) is 5.10 Å². The van der Waals surface area contributed by atoms with Gasteiger partial charge in [0.1, 0.15) is 0 Å². The molecule has 0 spiro atoms. The summed E-state index contributed by atoms with van der Waals surface area (Å²) >= 11 is 7.75. The molecule has 4 N–H and O–H groups in total. The number of hydrazine groups is 1. The molecule has 98 valence electrons. The Bertz CT molecular complexity index is 459. The minimum absolute atomic E-state index is 0.554. The van der Waals surface area contributed by atoms with E-state index in [0.717, 1.165) is 11.4 Å². The third kappa shape index (κ3) is 2.91. The number of amidine groups is 1. The highest BCUT2D eigenvalue weighted by molar-refractivity contribution is 8.14. The first-order chi connectivity index (χ1) is 8.67. The van der Waals surface area contributed by atoms with Gasteiger partial charge in [0.15, 0.2) is 0 Å². The fraction of sp³-hybridized carbons (Fsp3) is 0.417. The number of nitrogens with two attached hydrogens (primary N) is 2. The minimum Gasteiger partial charge on any atom is -0.321 e. The molecule has 0 radical (unpaired) electrons. The van der Waals surface area contributed by atoms with Crippen molar-refractivity contribution < 1.29 is 0 Å². The molecule has 6 heteroatoms. The summed E-state index contributed by atoms with van der Waals surface area (Å²) in [7, 11) is 0. The first-order valence-corrected chi connectivity index (χ1v) is 7.28. The van der Waals surface area contributed by atoms with Gasteiger partial charge >= 0.3 is 0 Å². The van der Waals surface area contributed by atoms with Gasteiger partial charge in [-0.15, -0.1) is 0 Å². The SMILES string of the molecule is CCS/C(=N/N)N(N)c1ccc(C2CC2)cc1Cl. The van der Waals surface area contributed by atoms with Crippen LogP contribution < -0.4 is 16.7 Å². The molecule has 0 aromatic heterocycles. The van der Waals surface area contributed by atoms with Crippen molar-refractivity contribution in [2.75, 3.05) is 10.8 Å². The second kappa shape index (κ2) is 5.82. The van der Waals surface area contributed by atoms with Gasteiger partial charge in [-0.05, 0) is 42.2 Å². The topological polar surface area (TPSA) is 67.6 Å². The number of benzene rings is 1.